The number of rotatable bonds is 0. The van der Waals surface area contributed by atoms with E-state index in [4.69, 9.17) is 0 Å². The van der Waals surface area contributed by atoms with Crippen molar-refractivity contribution in [2.24, 2.45) is 0 Å². The molecule has 3 saturated heterocycles. The van der Waals surface area contributed by atoms with E-state index in [0.717, 1.165) is 19.3 Å². The maximum atomic E-state index is 10.4. The topological polar surface area (TPSA) is 40.5 Å². The van der Waals surface area contributed by atoms with E-state index in [9.17, 15) is 10.2 Å². The van der Waals surface area contributed by atoms with Gasteiger partial charge in [-0.3, -0.25) is 0 Å². The fourth-order valence-corrected chi connectivity index (χ4v) is 9.10. The third-order valence-electron chi connectivity index (χ3n) is 3.48. The molecule has 4 bridgehead atoms. The Morgan fingerprint density at radius 3 is 2.14 bits per heavy atom. The maximum absolute atomic E-state index is 10.4. The van der Waals surface area contributed by atoms with E-state index >= 15 is 0 Å². The van der Waals surface area contributed by atoms with E-state index in [1.807, 2.05) is 11.8 Å². The van der Waals surface area contributed by atoms with Gasteiger partial charge < -0.3 is 10.2 Å². The zero-order chi connectivity index (χ0) is 10.2. The molecule has 1 saturated carbocycles. The van der Waals surface area contributed by atoms with Crippen LogP contribution in [0.15, 0.2) is 0 Å². The molecule has 2 N–H and O–H groups in total. The summed E-state index contributed by atoms with van der Waals surface area (Å²) in [5.41, 5.74) is -0.604. The van der Waals surface area contributed by atoms with E-state index < -0.39 is 10.5 Å². The van der Waals surface area contributed by atoms with Gasteiger partial charge in [0, 0.05) is 17.6 Å². The lowest BCUT2D eigenvalue weighted by Crippen LogP contribution is -2.64. The molecule has 4 unspecified atom stereocenters. The lowest BCUT2D eigenvalue weighted by atomic mass is 9.73. The largest absolute Gasteiger partial charge is 0.390 e. The van der Waals surface area contributed by atoms with Crippen LogP contribution in [0.5, 0.6) is 0 Å². The molecule has 3 aliphatic heterocycles. The quantitative estimate of drug-likeness (QED) is 0.670. The minimum Gasteiger partial charge on any atom is -0.390 e. The summed E-state index contributed by atoms with van der Waals surface area (Å²) in [7, 11) is 0. The highest BCUT2D eigenvalue weighted by Gasteiger charge is 2.66. The number of thioether (sulfide) groups is 2. The normalized spacial score (nSPS) is 66.0. The van der Waals surface area contributed by atoms with Gasteiger partial charge in [0.1, 0.15) is 4.93 Å². The van der Waals surface area contributed by atoms with Gasteiger partial charge in [-0.1, -0.05) is 6.92 Å². The monoisotopic (exact) mass is 232 g/mol. The second-order valence-corrected chi connectivity index (χ2v) is 9.88. The molecule has 1 aliphatic carbocycles. The van der Waals surface area contributed by atoms with Gasteiger partial charge in [0.05, 0.1) is 9.68 Å². The van der Waals surface area contributed by atoms with Crippen molar-refractivity contribution < 1.29 is 10.2 Å². The van der Waals surface area contributed by atoms with Crippen molar-refractivity contribution in [1.29, 1.82) is 0 Å². The lowest BCUT2D eigenvalue weighted by molar-refractivity contribution is -0.0893. The number of hydrogen-bond donors (Lipinski definition) is 2. The highest BCUT2D eigenvalue weighted by Crippen LogP contribution is 2.71. The van der Waals surface area contributed by atoms with E-state index in [-0.39, 0.29) is 8.83 Å². The van der Waals surface area contributed by atoms with E-state index in [0.29, 0.717) is 6.42 Å². The van der Waals surface area contributed by atoms with Gasteiger partial charge in [0.15, 0.2) is 0 Å². The molecule has 2 nitrogen and oxygen atoms in total. The van der Waals surface area contributed by atoms with Crippen molar-refractivity contribution in [3.05, 3.63) is 0 Å². The van der Waals surface area contributed by atoms with E-state index in [1.165, 1.54) is 0 Å². The molecular formula is C10H16O2S2. The minimum absolute atomic E-state index is 0.0208. The van der Waals surface area contributed by atoms with Crippen LogP contribution in [0.25, 0.3) is 0 Å². The van der Waals surface area contributed by atoms with Gasteiger partial charge in [-0.05, 0) is 19.8 Å². The average molecular weight is 232 g/mol. The van der Waals surface area contributed by atoms with Crippen LogP contribution >= 0.6 is 23.5 Å². The van der Waals surface area contributed by atoms with Crippen molar-refractivity contribution in [1.82, 2.24) is 0 Å². The second kappa shape index (κ2) is 2.31. The predicted octanol–water partition coefficient (Wildman–Crippen LogP) is 1.95. The van der Waals surface area contributed by atoms with Crippen LogP contribution in [0.3, 0.4) is 0 Å². The smallest absolute Gasteiger partial charge is 0.115 e. The summed E-state index contributed by atoms with van der Waals surface area (Å²) >= 11 is 3.62. The first kappa shape index (κ1) is 9.82. The number of hydrogen-bond acceptors (Lipinski definition) is 4. The number of aliphatic hydroxyl groups is 2. The Labute approximate surface area is 92.8 Å². The first-order valence-electron chi connectivity index (χ1n) is 5.09. The molecule has 0 spiro atoms. The SMILES string of the molecule is CC12CC3(O)CC(O)(C1)SC(C)(C3)S2. The first-order valence-corrected chi connectivity index (χ1v) is 6.73. The van der Waals surface area contributed by atoms with Crippen LogP contribution in [-0.2, 0) is 0 Å². The lowest BCUT2D eigenvalue weighted by Gasteiger charge is -2.65. The Kier molecular flexibility index (Phi) is 1.62. The molecule has 4 rings (SSSR count). The first-order chi connectivity index (χ1) is 6.24. The van der Waals surface area contributed by atoms with Crippen molar-refractivity contribution in [3.63, 3.8) is 0 Å². The van der Waals surface area contributed by atoms with Crippen molar-refractivity contribution in [2.45, 2.75) is 58.9 Å². The van der Waals surface area contributed by atoms with Gasteiger partial charge in [0.2, 0.25) is 0 Å². The van der Waals surface area contributed by atoms with Crippen LogP contribution < -0.4 is 0 Å². The van der Waals surface area contributed by atoms with Gasteiger partial charge in [-0.25, -0.2) is 0 Å². The molecule has 4 heteroatoms. The van der Waals surface area contributed by atoms with Gasteiger partial charge >= 0.3 is 0 Å². The molecule has 3 heterocycles. The van der Waals surface area contributed by atoms with E-state index in [1.54, 1.807) is 11.8 Å². The molecule has 0 aromatic rings. The summed E-state index contributed by atoms with van der Waals surface area (Å²) < 4.78 is 0.104. The Balaban J connectivity index is 2.08. The third kappa shape index (κ3) is 1.27. The molecule has 0 radical (unpaired) electrons. The van der Waals surface area contributed by atoms with Crippen molar-refractivity contribution in [2.75, 3.05) is 0 Å². The molecule has 14 heavy (non-hydrogen) atoms. The zero-order valence-electron chi connectivity index (χ0n) is 8.54. The van der Waals surface area contributed by atoms with Crippen molar-refractivity contribution in [3.8, 4) is 0 Å². The summed E-state index contributed by atoms with van der Waals surface area (Å²) in [4.78, 5) is -0.667. The molecule has 0 amide bonds. The Morgan fingerprint density at radius 1 is 0.929 bits per heavy atom. The molecule has 0 aromatic heterocycles. The highest BCUT2D eigenvalue weighted by molar-refractivity contribution is 8.20. The second-order valence-electron chi connectivity index (χ2n) is 5.67. The van der Waals surface area contributed by atoms with Gasteiger partial charge in [0.25, 0.3) is 0 Å². The Hall–Kier alpha value is 0.620. The van der Waals surface area contributed by atoms with Crippen LogP contribution in [0.1, 0.15) is 39.5 Å². The molecule has 0 aromatic carbocycles. The summed E-state index contributed by atoms with van der Waals surface area (Å²) in [6.45, 7) is 4.35. The maximum Gasteiger partial charge on any atom is 0.115 e. The summed E-state index contributed by atoms with van der Waals surface area (Å²) in [5, 5.41) is 20.8. The average Bonchev–Trinajstić information content (AvgIpc) is 1.67. The van der Waals surface area contributed by atoms with Crippen LogP contribution in [0.4, 0.5) is 0 Å². The van der Waals surface area contributed by atoms with E-state index in [2.05, 4.69) is 13.8 Å². The third-order valence-corrected chi connectivity index (χ3v) is 6.58. The van der Waals surface area contributed by atoms with Crippen molar-refractivity contribution >= 4 is 23.5 Å². The Morgan fingerprint density at radius 2 is 1.64 bits per heavy atom. The predicted molar refractivity (Wildman–Crippen MR) is 60.4 cm³/mol. The fourth-order valence-electron chi connectivity index (χ4n) is 3.87. The molecule has 4 aliphatic rings. The molecular weight excluding hydrogens is 216 g/mol. The zero-order valence-corrected chi connectivity index (χ0v) is 10.2. The van der Waals surface area contributed by atoms with Gasteiger partial charge in [-0.15, -0.1) is 23.5 Å². The molecule has 80 valence electrons. The standard InChI is InChI=1S/C10H16O2S2/c1-7-3-9(11)5-8(2,13-7)14-10(12,4-7)6-9/h11-12H,3-6H2,1-2H3. The Bertz CT molecular complexity index is 209. The summed E-state index contributed by atoms with van der Waals surface area (Å²) in [6, 6.07) is 0. The van der Waals surface area contributed by atoms with Crippen LogP contribution in [0, 0.1) is 0 Å². The van der Waals surface area contributed by atoms with Gasteiger partial charge in [-0.2, -0.15) is 0 Å². The van der Waals surface area contributed by atoms with Crippen LogP contribution in [0.2, 0.25) is 0 Å². The van der Waals surface area contributed by atoms with Crippen LogP contribution in [-0.4, -0.2) is 29.6 Å². The minimum atomic E-state index is -0.667. The molecule has 4 atom stereocenters. The summed E-state index contributed by atoms with van der Waals surface area (Å²) in [5.74, 6) is 0. The molecule has 4 fully saturated rings. The summed E-state index contributed by atoms with van der Waals surface area (Å²) in [6.07, 6.45) is 3.07. The highest BCUT2D eigenvalue weighted by atomic mass is 32.2. The fraction of sp³-hybridized carbons (Fsp3) is 1.00.